The lowest BCUT2D eigenvalue weighted by molar-refractivity contribution is -0.141. The van der Waals surface area contributed by atoms with Gasteiger partial charge in [0.25, 0.3) is 0 Å². The molecule has 1 amide bonds. The van der Waals surface area contributed by atoms with Gasteiger partial charge in [-0.05, 0) is 37.5 Å². The van der Waals surface area contributed by atoms with Crippen molar-refractivity contribution in [2.24, 2.45) is 0 Å². The fourth-order valence-corrected chi connectivity index (χ4v) is 4.71. The summed E-state index contributed by atoms with van der Waals surface area (Å²) in [4.78, 5) is 32.5. The van der Waals surface area contributed by atoms with E-state index in [4.69, 9.17) is 25.8 Å². The van der Waals surface area contributed by atoms with Crippen LogP contribution >= 0.6 is 24.2 Å². The van der Waals surface area contributed by atoms with E-state index in [0.717, 1.165) is 24.0 Å². The maximum Gasteiger partial charge on any atom is 0.336 e. The second-order valence-corrected chi connectivity index (χ2v) is 9.40. The van der Waals surface area contributed by atoms with Crippen LogP contribution in [0.15, 0.2) is 53.9 Å². The molecule has 0 saturated carbocycles. The number of benzene rings is 1. The van der Waals surface area contributed by atoms with Crippen LogP contribution in [-0.2, 0) is 25.7 Å². The molecule has 2 aromatic rings. The van der Waals surface area contributed by atoms with Gasteiger partial charge in [0.05, 0.1) is 24.8 Å². The molecule has 2 atom stereocenters. The summed E-state index contributed by atoms with van der Waals surface area (Å²) in [5, 5.41) is 0.346. The molecule has 9 heteroatoms. The molecule has 0 radical (unpaired) electrons. The van der Waals surface area contributed by atoms with Crippen molar-refractivity contribution in [1.82, 2.24) is 9.88 Å². The maximum atomic E-state index is 13.5. The summed E-state index contributed by atoms with van der Waals surface area (Å²) in [6.07, 6.45) is 3.58. The third-order valence-electron chi connectivity index (χ3n) is 6.29. The van der Waals surface area contributed by atoms with Gasteiger partial charge in [0.15, 0.2) is 0 Å². The van der Waals surface area contributed by atoms with E-state index in [-0.39, 0.29) is 25.0 Å². The molecular weight excluding hydrogens is 488 g/mol. The lowest BCUT2D eigenvalue weighted by Gasteiger charge is -2.35. The van der Waals surface area contributed by atoms with Gasteiger partial charge in [-0.3, -0.25) is 4.79 Å². The van der Waals surface area contributed by atoms with Gasteiger partial charge < -0.3 is 19.1 Å². The molecule has 1 aromatic heterocycles. The summed E-state index contributed by atoms with van der Waals surface area (Å²) in [7, 11) is 0. The second-order valence-electron chi connectivity index (χ2n) is 8.57. The zero-order valence-corrected chi connectivity index (χ0v) is 21.3. The summed E-state index contributed by atoms with van der Waals surface area (Å²) in [6.45, 7) is 3.40. The van der Waals surface area contributed by atoms with Crippen molar-refractivity contribution in [3.8, 4) is 5.75 Å². The van der Waals surface area contributed by atoms with Crippen LogP contribution < -0.4 is 4.74 Å². The van der Waals surface area contributed by atoms with Crippen LogP contribution in [0.4, 0.5) is 0 Å². The van der Waals surface area contributed by atoms with Crippen LogP contribution in [-0.4, -0.2) is 53.4 Å². The van der Waals surface area contributed by atoms with Gasteiger partial charge >= 0.3 is 5.97 Å². The van der Waals surface area contributed by atoms with Gasteiger partial charge in [-0.25, -0.2) is 9.78 Å². The molecule has 1 saturated heterocycles. The summed E-state index contributed by atoms with van der Waals surface area (Å²) >= 11 is 10.2. The van der Waals surface area contributed by atoms with Gasteiger partial charge in [-0.2, -0.15) is 12.6 Å². The molecule has 1 fully saturated rings. The number of amides is 1. The molecular formula is C26H29ClN2O5S. The molecule has 7 nitrogen and oxygen atoms in total. The highest BCUT2D eigenvalue weighted by Gasteiger charge is 2.38. The Bertz CT molecular complexity index is 1090. The molecule has 2 aliphatic rings. The van der Waals surface area contributed by atoms with Crippen LogP contribution in [0.3, 0.4) is 0 Å². The fourth-order valence-electron chi connectivity index (χ4n) is 4.51. The topological polar surface area (TPSA) is 78.0 Å². The average molecular weight is 517 g/mol. The highest BCUT2D eigenvalue weighted by atomic mass is 35.5. The Hall–Kier alpha value is -2.55. The van der Waals surface area contributed by atoms with E-state index < -0.39 is 11.9 Å². The number of hydrogen-bond acceptors (Lipinski definition) is 7. The zero-order chi connectivity index (χ0) is 24.8. The van der Waals surface area contributed by atoms with Crippen molar-refractivity contribution in [2.45, 2.75) is 44.8 Å². The van der Waals surface area contributed by atoms with E-state index in [2.05, 4.69) is 17.6 Å². The van der Waals surface area contributed by atoms with Crippen LogP contribution in [0.2, 0.25) is 5.15 Å². The van der Waals surface area contributed by atoms with E-state index in [1.54, 1.807) is 30.2 Å². The lowest BCUT2D eigenvalue weighted by Crippen LogP contribution is -2.42. The number of esters is 1. The Morgan fingerprint density at radius 1 is 1.29 bits per heavy atom. The Balaban J connectivity index is 1.61. The first kappa shape index (κ1) is 25.5. The summed E-state index contributed by atoms with van der Waals surface area (Å²) in [6, 6.07) is 10.9. The molecule has 0 unspecified atom stereocenters. The molecule has 0 N–H and O–H groups in total. The van der Waals surface area contributed by atoms with E-state index in [9.17, 15) is 9.59 Å². The number of hydrogen-bond donors (Lipinski definition) is 1. The van der Waals surface area contributed by atoms with Crippen molar-refractivity contribution in [2.75, 3.05) is 25.5 Å². The second kappa shape index (κ2) is 11.9. The smallest absolute Gasteiger partial charge is 0.336 e. The number of nitrogens with zero attached hydrogens (tertiary/aromatic N) is 2. The van der Waals surface area contributed by atoms with Crippen molar-refractivity contribution < 1.29 is 23.8 Å². The van der Waals surface area contributed by atoms with Crippen LogP contribution in [0.25, 0.3) is 0 Å². The van der Waals surface area contributed by atoms with Gasteiger partial charge in [0, 0.05) is 42.2 Å². The SMILES string of the molecule is CC1=C(C(=O)OCc2ccccc2OCCS)[C@@H](c2ccc(Cl)nc2)CC(=O)N1C[C@@H]1CCCO1. The first-order chi connectivity index (χ1) is 17.0. The number of aromatic nitrogens is 1. The third kappa shape index (κ3) is 6.18. The molecule has 0 spiro atoms. The standard InChI is InChI=1S/C26H29ClN2O5S/c1-17-25(26(31)34-16-19-5-2-3-7-22(19)33-11-12-35)21(18-8-9-23(27)28-14-18)13-24(30)29(17)15-20-6-4-10-32-20/h2-3,5,7-9,14,20-21,35H,4,6,10-13,15-16H2,1H3/t20-,21+/m0/s1. The van der Waals surface area contributed by atoms with Crippen molar-refractivity contribution >= 4 is 36.1 Å². The number of allylic oxidation sites excluding steroid dienone is 1. The highest BCUT2D eigenvalue weighted by Crippen LogP contribution is 2.38. The number of carbonyl (C=O) groups is 2. The zero-order valence-electron chi connectivity index (χ0n) is 19.6. The van der Waals surface area contributed by atoms with Crippen molar-refractivity contribution in [3.05, 3.63) is 70.1 Å². The van der Waals surface area contributed by atoms with E-state index >= 15 is 0 Å². The van der Waals surface area contributed by atoms with Gasteiger partial charge in [-0.1, -0.05) is 35.9 Å². The van der Waals surface area contributed by atoms with Crippen molar-refractivity contribution in [3.63, 3.8) is 0 Å². The predicted molar refractivity (Wildman–Crippen MR) is 136 cm³/mol. The minimum Gasteiger partial charge on any atom is -0.492 e. The predicted octanol–water partition coefficient (Wildman–Crippen LogP) is 4.56. The highest BCUT2D eigenvalue weighted by molar-refractivity contribution is 7.80. The first-order valence-electron chi connectivity index (χ1n) is 11.7. The summed E-state index contributed by atoms with van der Waals surface area (Å²) in [5.74, 6) is 0.218. The summed E-state index contributed by atoms with van der Waals surface area (Å²) in [5.41, 5.74) is 2.53. The number of pyridine rings is 1. The lowest BCUT2D eigenvalue weighted by atomic mass is 9.84. The molecule has 35 heavy (non-hydrogen) atoms. The first-order valence-corrected chi connectivity index (χ1v) is 12.7. The number of rotatable bonds is 9. The monoisotopic (exact) mass is 516 g/mol. The van der Waals surface area contributed by atoms with Crippen LogP contribution in [0.5, 0.6) is 5.75 Å². The van der Waals surface area contributed by atoms with Gasteiger partial charge in [-0.15, -0.1) is 0 Å². The molecule has 2 aliphatic heterocycles. The minimum absolute atomic E-state index is 0.0317. The van der Waals surface area contributed by atoms with E-state index in [1.165, 1.54) is 0 Å². The average Bonchev–Trinajstić information content (AvgIpc) is 3.38. The maximum absolute atomic E-state index is 13.5. The van der Waals surface area contributed by atoms with E-state index in [1.807, 2.05) is 24.3 Å². The number of carbonyl (C=O) groups excluding carboxylic acids is 2. The molecule has 3 heterocycles. The largest absolute Gasteiger partial charge is 0.492 e. The minimum atomic E-state index is -0.476. The molecule has 1 aromatic carbocycles. The van der Waals surface area contributed by atoms with E-state index in [0.29, 0.717) is 47.7 Å². The Morgan fingerprint density at radius 3 is 2.83 bits per heavy atom. The summed E-state index contributed by atoms with van der Waals surface area (Å²) < 4.78 is 17.2. The Kier molecular flexibility index (Phi) is 8.70. The van der Waals surface area contributed by atoms with Crippen molar-refractivity contribution in [1.29, 1.82) is 0 Å². The Morgan fingerprint density at radius 2 is 2.11 bits per heavy atom. The van der Waals surface area contributed by atoms with Crippen LogP contribution in [0, 0.1) is 0 Å². The quantitative estimate of drug-likeness (QED) is 0.299. The fraction of sp³-hybridized carbons (Fsp3) is 0.423. The third-order valence-corrected chi connectivity index (χ3v) is 6.69. The Labute approximate surface area is 215 Å². The molecule has 4 rings (SSSR count). The number of halogens is 1. The van der Waals surface area contributed by atoms with Crippen LogP contribution in [0.1, 0.15) is 43.2 Å². The molecule has 186 valence electrons. The molecule has 0 aliphatic carbocycles. The number of thiol groups is 1. The van der Waals surface area contributed by atoms with Gasteiger partial charge in [0.2, 0.25) is 5.91 Å². The van der Waals surface area contributed by atoms with Gasteiger partial charge in [0.1, 0.15) is 17.5 Å². The molecule has 0 bridgehead atoms. The normalized spacial score (nSPS) is 20.3. The number of ether oxygens (including phenoxy) is 3. The number of para-hydroxylation sites is 1.